The van der Waals surface area contributed by atoms with Gasteiger partial charge in [0.1, 0.15) is 18.1 Å². The Labute approximate surface area is 176 Å². The zero-order valence-corrected chi connectivity index (χ0v) is 17.6. The molecule has 0 aliphatic carbocycles. The van der Waals surface area contributed by atoms with Crippen molar-refractivity contribution in [3.8, 4) is 11.5 Å². The third-order valence-electron chi connectivity index (χ3n) is 5.09. The number of hydrogen-bond acceptors (Lipinski definition) is 6. The van der Waals surface area contributed by atoms with E-state index in [1.54, 1.807) is 25.4 Å². The van der Waals surface area contributed by atoms with E-state index >= 15 is 0 Å². The second kappa shape index (κ2) is 10.4. The van der Waals surface area contributed by atoms with E-state index < -0.39 is 0 Å². The average molecular weight is 419 g/mol. The largest absolute Gasteiger partial charge is 0.497 e. The van der Waals surface area contributed by atoms with Gasteiger partial charge >= 0.3 is 0 Å². The summed E-state index contributed by atoms with van der Waals surface area (Å²) >= 11 is 6.02. The number of pyridine rings is 1. The molecule has 1 aromatic carbocycles. The summed E-state index contributed by atoms with van der Waals surface area (Å²) in [5.74, 6) is 1.58. The molecule has 156 valence electrons. The minimum atomic E-state index is -0.232. The van der Waals surface area contributed by atoms with E-state index in [1.807, 2.05) is 31.2 Å². The van der Waals surface area contributed by atoms with Crippen molar-refractivity contribution in [2.24, 2.45) is 0 Å². The third kappa shape index (κ3) is 6.06. The van der Waals surface area contributed by atoms with Gasteiger partial charge in [-0.2, -0.15) is 0 Å². The molecule has 0 spiro atoms. The van der Waals surface area contributed by atoms with E-state index in [-0.39, 0.29) is 11.9 Å². The van der Waals surface area contributed by atoms with Crippen LogP contribution in [0.2, 0.25) is 5.15 Å². The predicted molar refractivity (Wildman–Crippen MR) is 114 cm³/mol. The van der Waals surface area contributed by atoms with Crippen molar-refractivity contribution in [2.45, 2.75) is 13.0 Å². The lowest BCUT2D eigenvalue weighted by molar-refractivity contribution is -0.121. The molecule has 3 rings (SSSR count). The number of benzene rings is 1. The molecular weight excluding hydrogens is 392 g/mol. The van der Waals surface area contributed by atoms with Gasteiger partial charge in [0.05, 0.1) is 18.8 Å². The Morgan fingerprint density at radius 2 is 1.86 bits per heavy atom. The van der Waals surface area contributed by atoms with Crippen LogP contribution in [-0.4, -0.2) is 73.2 Å². The summed E-state index contributed by atoms with van der Waals surface area (Å²) in [6.45, 7) is 6.86. The van der Waals surface area contributed by atoms with Crippen molar-refractivity contribution in [1.82, 2.24) is 14.8 Å². The Hall–Kier alpha value is -2.35. The maximum absolute atomic E-state index is 12.5. The summed E-state index contributed by atoms with van der Waals surface area (Å²) in [5, 5.41) is 3.16. The van der Waals surface area contributed by atoms with Crippen molar-refractivity contribution < 1.29 is 14.3 Å². The van der Waals surface area contributed by atoms with Gasteiger partial charge in [-0.05, 0) is 43.3 Å². The zero-order valence-electron chi connectivity index (χ0n) is 16.8. The molecule has 29 heavy (non-hydrogen) atoms. The minimum Gasteiger partial charge on any atom is -0.497 e. The maximum atomic E-state index is 12.5. The highest BCUT2D eigenvalue weighted by Crippen LogP contribution is 2.19. The monoisotopic (exact) mass is 418 g/mol. The van der Waals surface area contributed by atoms with E-state index in [9.17, 15) is 4.79 Å². The second-order valence-electron chi connectivity index (χ2n) is 6.91. The number of halogens is 1. The normalized spacial score (nSPS) is 16.2. The summed E-state index contributed by atoms with van der Waals surface area (Å²) in [6, 6.07) is 10.9. The number of rotatable bonds is 8. The number of nitrogens with zero attached hydrogens (tertiary/aromatic N) is 3. The van der Waals surface area contributed by atoms with E-state index in [2.05, 4.69) is 20.1 Å². The van der Waals surface area contributed by atoms with E-state index in [1.165, 1.54) is 0 Å². The smallest absolute Gasteiger partial charge is 0.241 e. The van der Waals surface area contributed by atoms with Crippen LogP contribution in [0.15, 0.2) is 42.6 Å². The van der Waals surface area contributed by atoms with Gasteiger partial charge in [0.25, 0.3) is 0 Å². The van der Waals surface area contributed by atoms with Gasteiger partial charge in [0.15, 0.2) is 5.15 Å². The van der Waals surface area contributed by atoms with Gasteiger partial charge in [-0.1, -0.05) is 11.6 Å². The molecule has 1 aliphatic heterocycles. The fourth-order valence-electron chi connectivity index (χ4n) is 3.22. The molecule has 2 aromatic rings. The number of nitrogens with one attached hydrogen (secondary N) is 1. The molecular formula is C21H27ClN4O3. The first-order valence-corrected chi connectivity index (χ1v) is 10.1. The molecule has 0 saturated carbocycles. The third-order valence-corrected chi connectivity index (χ3v) is 5.39. The Balaban J connectivity index is 1.39. The summed E-state index contributed by atoms with van der Waals surface area (Å²) in [5.41, 5.74) is 0.542. The number of amides is 1. The highest BCUT2D eigenvalue weighted by Gasteiger charge is 2.25. The molecule has 1 saturated heterocycles. The van der Waals surface area contributed by atoms with Crippen LogP contribution in [0.4, 0.5) is 5.69 Å². The molecule has 1 fully saturated rings. The molecule has 1 aliphatic rings. The summed E-state index contributed by atoms with van der Waals surface area (Å²) in [7, 11) is 1.65. The molecule has 8 heteroatoms. The summed E-state index contributed by atoms with van der Waals surface area (Å²) in [6.07, 6.45) is 1.60. The maximum Gasteiger partial charge on any atom is 0.241 e. The number of aromatic nitrogens is 1. The summed E-state index contributed by atoms with van der Waals surface area (Å²) < 4.78 is 11.0. The quantitative estimate of drug-likeness (QED) is 0.665. The average Bonchev–Trinajstić information content (AvgIpc) is 2.76. The fourth-order valence-corrected chi connectivity index (χ4v) is 3.39. The van der Waals surface area contributed by atoms with Gasteiger partial charge in [0, 0.05) is 38.9 Å². The van der Waals surface area contributed by atoms with Crippen molar-refractivity contribution >= 4 is 23.2 Å². The topological polar surface area (TPSA) is 66.9 Å². The highest BCUT2D eigenvalue weighted by molar-refractivity contribution is 6.32. The molecule has 0 bridgehead atoms. The molecule has 7 nitrogen and oxygen atoms in total. The Morgan fingerprint density at radius 1 is 1.17 bits per heavy atom. The van der Waals surface area contributed by atoms with Gasteiger partial charge in [-0.3, -0.25) is 14.6 Å². The van der Waals surface area contributed by atoms with Gasteiger partial charge in [-0.15, -0.1) is 0 Å². The molecule has 1 aromatic heterocycles. The number of carbonyl (C=O) groups is 1. The minimum absolute atomic E-state index is 0.0730. The van der Waals surface area contributed by atoms with Crippen LogP contribution >= 0.6 is 11.6 Å². The van der Waals surface area contributed by atoms with Gasteiger partial charge in [-0.25, -0.2) is 4.98 Å². The van der Waals surface area contributed by atoms with E-state index in [0.29, 0.717) is 17.4 Å². The fraction of sp³-hybridized carbons (Fsp3) is 0.429. The molecule has 0 radical (unpaired) electrons. The Bertz CT molecular complexity index is 795. The van der Waals surface area contributed by atoms with Crippen molar-refractivity contribution in [3.05, 3.63) is 47.7 Å². The Kier molecular flexibility index (Phi) is 7.69. The number of hydrogen-bond donors (Lipinski definition) is 1. The van der Waals surface area contributed by atoms with Crippen LogP contribution in [0.3, 0.4) is 0 Å². The van der Waals surface area contributed by atoms with E-state index in [4.69, 9.17) is 21.1 Å². The lowest BCUT2D eigenvalue weighted by Crippen LogP contribution is -2.53. The van der Waals surface area contributed by atoms with Crippen molar-refractivity contribution in [3.63, 3.8) is 0 Å². The SMILES string of the molecule is COc1ccc(OCCN2CCN([C@H](C)C(=O)Nc3cccnc3Cl)CC2)cc1. The van der Waals surface area contributed by atoms with Crippen molar-refractivity contribution in [2.75, 3.05) is 51.8 Å². The molecule has 1 atom stereocenters. The number of carbonyl (C=O) groups excluding carboxylic acids is 1. The standard InChI is InChI=1S/C21H27ClN4O3/c1-16(21(27)24-19-4-3-9-23-20(19)22)26-12-10-25(11-13-26)14-15-29-18-7-5-17(28-2)6-8-18/h3-9,16H,10-15H2,1-2H3,(H,24,27)/t16-/m1/s1. The number of piperazine rings is 1. The lowest BCUT2D eigenvalue weighted by Gasteiger charge is -2.37. The number of ether oxygens (including phenoxy) is 2. The first-order valence-electron chi connectivity index (χ1n) is 9.71. The van der Waals surface area contributed by atoms with Gasteiger partial charge in [0.2, 0.25) is 5.91 Å². The van der Waals surface area contributed by atoms with Crippen LogP contribution in [0.5, 0.6) is 11.5 Å². The second-order valence-corrected chi connectivity index (χ2v) is 7.27. The Morgan fingerprint density at radius 3 is 2.52 bits per heavy atom. The number of methoxy groups -OCH3 is 1. The summed E-state index contributed by atoms with van der Waals surface area (Å²) in [4.78, 5) is 21.1. The highest BCUT2D eigenvalue weighted by atomic mass is 35.5. The first-order chi connectivity index (χ1) is 14.1. The van der Waals surface area contributed by atoms with Gasteiger partial charge < -0.3 is 14.8 Å². The van der Waals surface area contributed by atoms with Crippen LogP contribution < -0.4 is 14.8 Å². The number of anilines is 1. The van der Waals surface area contributed by atoms with Crippen molar-refractivity contribution in [1.29, 1.82) is 0 Å². The van der Waals surface area contributed by atoms with E-state index in [0.717, 1.165) is 44.2 Å². The first kappa shape index (κ1) is 21.4. The molecule has 0 unspecified atom stereocenters. The molecule has 2 heterocycles. The molecule has 1 amide bonds. The van der Waals surface area contributed by atoms with Crippen LogP contribution in [0.25, 0.3) is 0 Å². The van der Waals surface area contributed by atoms with Crippen LogP contribution in [-0.2, 0) is 4.79 Å². The zero-order chi connectivity index (χ0) is 20.6. The lowest BCUT2D eigenvalue weighted by atomic mass is 10.2. The predicted octanol–water partition coefficient (Wildman–Crippen LogP) is 2.77. The molecule has 1 N–H and O–H groups in total. The van der Waals surface area contributed by atoms with Crippen LogP contribution in [0, 0.1) is 0 Å². The van der Waals surface area contributed by atoms with Crippen LogP contribution in [0.1, 0.15) is 6.92 Å².